The number of hydrogen-bond donors (Lipinski definition) is 1. The first-order chi connectivity index (χ1) is 15.6. The van der Waals surface area contributed by atoms with Gasteiger partial charge in [0.05, 0.1) is 16.6 Å². The number of para-hydroxylation sites is 1. The van der Waals surface area contributed by atoms with Gasteiger partial charge in [-0.1, -0.05) is 66.7 Å². The molecule has 1 aliphatic rings. The third-order valence-electron chi connectivity index (χ3n) is 5.94. The number of fused-ring (bicyclic) bond motifs is 6. The molecule has 3 aromatic carbocycles. The van der Waals surface area contributed by atoms with Crippen LogP contribution in [0.3, 0.4) is 0 Å². The monoisotopic (exact) mass is 416 g/mol. The summed E-state index contributed by atoms with van der Waals surface area (Å²) >= 11 is 0. The van der Waals surface area contributed by atoms with Gasteiger partial charge in [-0.15, -0.1) is 0 Å². The third-order valence-corrected chi connectivity index (χ3v) is 5.94. The topological polar surface area (TPSA) is 67.7 Å². The first-order valence-corrected chi connectivity index (χ1v) is 10.3. The Morgan fingerprint density at radius 3 is 2.16 bits per heavy atom. The van der Waals surface area contributed by atoms with E-state index in [4.69, 9.17) is 0 Å². The van der Waals surface area contributed by atoms with Crippen LogP contribution < -0.4 is 5.32 Å². The van der Waals surface area contributed by atoms with Gasteiger partial charge < -0.3 is 9.72 Å². The van der Waals surface area contributed by atoms with Crippen molar-refractivity contribution in [2.75, 3.05) is 5.32 Å². The molecule has 5 aromatic rings. The van der Waals surface area contributed by atoms with Crippen molar-refractivity contribution in [3.05, 3.63) is 119 Å². The van der Waals surface area contributed by atoms with Gasteiger partial charge >= 0.3 is 0 Å². The van der Waals surface area contributed by atoms with E-state index in [-0.39, 0.29) is 28.4 Å². The van der Waals surface area contributed by atoms with E-state index >= 15 is 0 Å². The number of rotatable bonds is 2. The van der Waals surface area contributed by atoms with Crippen LogP contribution in [0.5, 0.6) is 0 Å². The van der Waals surface area contributed by atoms with Gasteiger partial charge in [-0.3, -0.25) is 14.4 Å². The summed E-state index contributed by atoms with van der Waals surface area (Å²) in [6.45, 7) is 0. The highest BCUT2D eigenvalue weighted by Crippen LogP contribution is 2.37. The number of carbonyl (C=O) groups is 3. The van der Waals surface area contributed by atoms with Crippen molar-refractivity contribution >= 4 is 39.5 Å². The van der Waals surface area contributed by atoms with Gasteiger partial charge in [0, 0.05) is 28.4 Å². The Kier molecular flexibility index (Phi) is 3.86. The predicted octanol–water partition coefficient (Wildman–Crippen LogP) is 5.12. The number of hydrogen-bond acceptors (Lipinski definition) is 3. The van der Waals surface area contributed by atoms with Crippen molar-refractivity contribution < 1.29 is 14.4 Å². The van der Waals surface area contributed by atoms with Gasteiger partial charge in [-0.25, -0.2) is 0 Å². The molecule has 1 amide bonds. The lowest BCUT2D eigenvalue weighted by molar-refractivity contribution is 0.0969. The highest BCUT2D eigenvalue weighted by atomic mass is 16.2. The van der Waals surface area contributed by atoms with Crippen LogP contribution in [0.4, 0.5) is 5.69 Å². The Labute approximate surface area is 182 Å². The van der Waals surface area contributed by atoms with E-state index in [2.05, 4.69) is 5.32 Å². The van der Waals surface area contributed by atoms with E-state index in [9.17, 15) is 14.4 Å². The molecule has 6 rings (SSSR count). The van der Waals surface area contributed by atoms with Crippen LogP contribution >= 0.6 is 0 Å². The van der Waals surface area contributed by atoms with E-state index in [1.807, 2.05) is 48.5 Å². The Morgan fingerprint density at radius 1 is 0.719 bits per heavy atom. The molecule has 0 unspecified atom stereocenters. The summed E-state index contributed by atoms with van der Waals surface area (Å²) in [5.74, 6) is -1.01. The molecule has 1 aliphatic carbocycles. The highest BCUT2D eigenvalue weighted by Gasteiger charge is 2.38. The maximum atomic E-state index is 13.6. The fourth-order valence-corrected chi connectivity index (χ4v) is 4.54. The van der Waals surface area contributed by atoms with Crippen molar-refractivity contribution in [3.8, 4) is 0 Å². The molecule has 0 atom stereocenters. The lowest BCUT2D eigenvalue weighted by Crippen LogP contribution is -2.23. The quantitative estimate of drug-likeness (QED) is 0.426. The predicted molar refractivity (Wildman–Crippen MR) is 123 cm³/mol. The maximum Gasteiger partial charge on any atom is 0.258 e. The zero-order valence-corrected chi connectivity index (χ0v) is 16.8. The van der Waals surface area contributed by atoms with Crippen LogP contribution in [0.25, 0.3) is 16.3 Å². The highest BCUT2D eigenvalue weighted by molar-refractivity contribution is 6.34. The van der Waals surface area contributed by atoms with Crippen LogP contribution in [0.1, 0.15) is 42.3 Å². The summed E-state index contributed by atoms with van der Waals surface area (Å²) in [6, 6.07) is 25.4. The van der Waals surface area contributed by atoms with Crippen molar-refractivity contribution in [3.63, 3.8) is 0 Å². The molecular weight excluding hydrogens is 400 g/mol. The van der Waals surface area contributed by atoms with Crippen LogP contribution in [-0.4, -0.2) is 21.9 Å². The average Bonchev–Trinajstić information content (AvgIpc) is 3.19. The molecule has 0 saturated heterocycles. The molecule has 152 valence electrons. The second kappa shape index (κ2) is 6.75. The van der Waals surface area contributed by atoms with Crippen molar-refractivity contribution in [1.29, 1.82) is 0 Å². The molecule has 2 heterocycles. The third kappa shape index (κ3) is 2.48. The second-order valence-corrected chi connectivity index (χ2v) is 7.74. The van der Waals surface area contributed by atoms with Gasteiger partial charge in [-0.2, -0.15) is 0 Å². The number of amides is 1. The molecular formula is C27H16N2O3. The van der Waals surface area contributed by atoms with Crippen LogP contribution in [0.2, 0.25) is 0 Å². The van der Waals surface area contributed by atoms with E-state index < -0.39 is 5.91 Å². The first kappa shape index (κ1) is 18.3. The molecule has 0 aliphatic heterocycles. The minimum Gasteiger partial charge on any atom is -0.322 e. The Hall–Kier alpha value is -4.51. The fraction of sp³-hybridized carbons (Fsp3) is 0. The van der Waals surface area contributed by atoms with Gasteiger partial charge in [0.15, 0.2) is 5.78 Å². The van der Waals surface area contributed by atoms with Gasteiger partial charge in [0.25, 0.3) is 5.91 Å². The van der Waals surface area contributed by atoms with Crippen molar-refractivity contribution in [1.82, 2.24) is 4.40 Å². The Balaban J connectivity index is 1.71. The zero-order valence-electron chi connectivity index (χ0n) is 16.8. The van der Waals surface area contributed by atoms with Crippen LogP contribution in [0.15, 0.2) is 91.1 Å². The van der Waals surface area contributed by atoms with Crippen LogP contribution in [0, 0.1) is 0 Å². The SMILES string of the molecule is O=C1c2ccccc2C(=O)c2c1c(C(=O)Nc1ccccc1)c1c3ccccc3ccn21. The molecule has 0 fully saturated rings. The number of ketones is 2. The largest absolute Gasteiger partial charge is 0.322 e. The standard InChI is InChI=1S/C27H16N2O3/c30-25-19-12-6-7-13-20(19)26(31)24-21(25)22(27(32)28-17-9-2-1-3-10-17)23-18-11-5-4-8-16(18)14-15-29(23)24/h1-15H,(H,28,32). The van der Waals surface area contributed by atoms with E-state index in [0.717, 1.165) is 10.8 Å². The van der Waals surface area contributed by atoms with Gasteiger partial charge in [0.2, 0.25) is 5.78 Å². The molecule has 5 heteroatoms. The van der Waals surface area contributed by atoms with Crippen molar-refractivity contribution in [2.24, 2.45) is 0 Å². The number of nitrogens with zero attached hydrogens (tertiary/aromatic N) is 1. The number of anilines is 1. The summed E-state index contributed by atoms with van der Waals surface area (Å²) in [5.41, 5.74) is 2.43. The zero-order chi connectivity index (χ0) is 21.8. The van der Waals surface area contributed by atoms with Gasteiger partial charge in [-0.05, 0) is 23.6 Å². The molecule has 0 spiro atoms. The maximum absolute atomic E-state index is 13.6. The minimum absolute atomic E-state index is 0.151. The molecule has 0 radical (unpaired) electrons. The number of pyridine rings is 1. The summed E-state index contributed by atoms with van der Waals surface area (Å²) < 4.78 is 1.69. The lowest BCUT2D eigenvalue weighted by atomic mass is 9.86. The fourth-order valence-electron chi connectivity index (χ4n) is 4.54. The second-order valence-electron chi connectivity index (χ2n) is 7.74. The lowest BCUT2D eigenvalue weighted by Gasteiger charge is -2.15. The Bertz CT molecular complexity index is 1600. The summed E-state index contributed by atoms with van der Waals surface area (Å²) in [4.78, 5) is 40.7. The van der Waals surface area contributed by atoms with E-state index in [1.165, 1.54) is 0 Å². The number of benzene rings is 3. The first-order valence-electron chi connectivity index (χ1n) is 10.3. The summed E-state index contributed by atoms with van der Waals surface area (Å²) in [7, 11) is 0. The molecule has 0 saturated carbocycles. The molecule has 1 N–H and O–H groups in total. The number of carbonyl (C=O) groups excluding carboxylic acids is 3. The summed E-state index contributed by atoms with van der Waals surface area (Å²) in [5, 5.41) is 4.61. The molecule has 0 bridgehead atoms. The Morgan fingerprint density at radius 2 is 1.38 bits per heavy atom. The van der Waals surface area contributed by atoms with E-state index in [1.54, 1.807) is 47.0 Å². The minimum atomic E-state index is -0.424. The molecule has 2 aromatic heterocycles. The van der Waals surface area contributed by atoms with E-state index in [0.29, 0.717) is 22.3 Å². The molecule has 5 nitrogen and oxygen atoms in total. The average molecular weight is 416 g/mol. The number of nitrogens with one attached hydrogen (secondary N) is 1. The van der Waals surface area contributed by atoms with Crippen molar-refractivity contribution in [2.45, 2.75) is 0 Å². The normalized spacial score (nSPS) is 12.6. The van der Waals surface area contributed by atoms with Crippen LogP contribution in [-0.2, 0) is 0 Å². The van der Waals surface area contributed by atoms with Gasteiger partial charge in [0.1, 0.15) is 5.69 Å². The summed E-state index contributed by atoms with van der Waals surface area (Å²) in [6.07, 6.45) is 1.76. The molecule has 32 heavy (non-hydrogen) atoms. The smallest absolute Gasteiger partial charge is 0.258 e. The number of aromatic nitrogens is 1.